The molecule has 1 aliphatic heterocycles. The Morgan fingerprint density at radius 3 is 2.94 bits per heavy atom. The highest BCUT2D eigenvalue weighted by Crippen LogP contribution is 2.24. The predicted octanol–water partition coefficient (Wildman–Crippen LogP) is 0.874. The second-order valence-corrected chi connectivity index (χ2v) is 4.98. The van der Waals surface area contributed by atoms with Crippen molar-refractivity contribution in [3.63, 3.8) is 0 Å². The van der Waals surface area contributed by atoms with Crippen molar-refractivity contribution in [3.8, 4) is 0 Å². The number of anilines is 1. The zero-order valence-electron chi connectivity index (χ0n) is 10.8. The molecule has 3 atom stereocenters. The molecule has 17 heavy (non-hydrogen) atoms. The predicted molar refractivity (Wildman–Crippen MR) is 68.2 cm³/mol. The average Bonchev–Trinajstić information content (AvgIpc) is 2.87. The number of ether oxygens (including phenoxy) is 1. The molecule has 2 rings (SSSR count). The average molecular weight is 238 g/mol. The molecule has 0 amide bonds. The minimum atomic E-state index is 0.248. The zero-order chi connectivity index (χ0) is 12.4. The van der Waals surface area contributed by atoms with Gasteiger partial charge in [0, 0.05) is 38.6 Å². The van der Waals surface area contributed by atoms with E-state index < -0.39 is 0 Å². The molecular weight excluding hydrogens is 216 g/mol. The second-order valence-electron chi connectivity index (χ2n) is 4.98. The summed E-state index contributed by atoms with van der Waals surface area (Å²) < 4.78 is 7.36. The maximum atomic E-state index is 6.06. The van der Waals surface area contributed by atoms with Crippen LogP contribution in [-0.2, 0) is 4.74 Å². The summed E-state index contributed by atoms with van der Waals surface area (Å²) in [7, 11) is 1.72. The minimum absolute atomic E-state index is 0.248. The Bertz CT molecular complexity index is 355. The van der Waals surface area contributed by atoms with Crippen LogP contribution in [0.4, 0.5) is 5.95 Å². The molecular formula is C12H22N4O. The Balaban J connectivity index is 2.14. The molecule has 1 aromatic heterocycles. The third-order valence-corrected chi connectivity index (χ3v) is 3.48. The Kier molecular flexibility index (Phi) is 3.69. The van der Waals surface area contributed by atoms with Crippen molar-refractivity contribution >= 4 is 5.95 Å². The molecule has 0 radical (unpaired) electrons. The van der Waals surface area contributed by atoms with E-state index in [2.05, 4.69) is 28.3 Å². The zero-order valence-corrected chi connectivity index (χ0v) is 10.8. The van der Waals surface area contributed by atoms with Gasteiger partial charge in [0.25, 0.3) is 0 Å². The Hall–Kier alpha value is -1.07. The quantitative estimate of drug-likeness (QED) is 0.846. The summed E-state index contributed by atoms with van der Waals surface area (Å²) in [5.41, 5.74) is 6.06. The SMILES string of the molecule is COCC(C)n1ccnc1N1CC(C)C(N)C1. The number of hydrogen-bond donors (Lipinski definition) is 1. The van der Waals surface area contributed by atoms with Crippen LogP contribution in [0.25, 0.3) is 0 Å². The van der Waals surface area contributed by atoms with E-state index in [0.29, 0.717) is 18.6 Å². The summed E-state index contributed by atoms with van der Waals surface area (Å²) in [4.78, 5) is 6.71. The fraction of sp³-hybridized carbons (Fsp3) is 0.750. The monoisotopic (exact) mass is 238 g/mol. The van der Waals surface area contributed by atoms with Crippen molar-refractivity contribution in [1.82, 2.24) is 9.55 Å². The fourth-order valence-corrected chi connectivity index (χ4v) is 2.37. The first kappa shape index (κ1) is 12.4. The van der Waals surface area contributed by atoms with E-state index >= 15 is 0 Å². The molecule has 2 N–H and O–H groups in total. The third kappa shape index (κ3) is 2.45. The number of imidazole rings is 1. The molecule has 1 fully saturated rings. The van der Waals surface area contributed by atoms with Crippen LogP contribution in [0.1, 0.15) is 19.9 Å². The van der Waals surface area contributed by atoms with Gasteiger partial charge in [-0.25, -0.2) is 4.98 Å². The number of rotatable bonds is 4. The normalized spacial score (nSPS) is 26.5. The lowest BCUT2D eigenvalue weighted by atomic mass is 10.1. The van der Waals surface area contributed by atoms with Crippen LogP contribution in [0, 0.1) is 5.92 Å². The molecule has 0 bridgehead atoms. The van der Waals surface area contributed by atoms with E-state index in [9.17, 15) is 0 Å². The van der Waals surface area contributed by atoms with Gasteiger partial charge in [0.2, 0.25) is 5.95 Å². The van der Waals surface area contributed by atoms with Crippen LogP contribution in [0.5, 0.6) is 0 Å². The van der Waals surface area contributed by atoms with Gasteiger partial charge in [0.1, 0.15) is 0 Å². The molecule has 1 aliphatic rings. The van der Waals surface area contributed by atoms with E-state index in [-0.39, 0.29) is 6.04 Å². The molecule has 1 saturated heterocycles. The van der Waals surface area contributed by atoms with Gasteiger partial charge in [0.05, 0.1) is 12.6 Å². The molecule has 0 aliphatic carbocycles. The first-order valence-electron chi connectivity index (χ1n) is 6.15. The van der Waals surface area contributed by atoms with Crippen LogP contribution in [-0.4, -0.2) is 42.4 Å². The van der Waals surface area contributed by atoms with E-state index in [1.165, 1.54) is 0 Å². The van der Waals surface area contributed by atoms with Crippen molar-refractivity contribution in [2.75, 3.05) is 31.7 Å². The Morgan fingerprint density at radius 2 is 2.35 bits per heavy atom. The second kappa shape index (κ2) is 5.06. The van der Waals surface area contributed by atoms with Gasteiger partial charge in [-0.1, -0.05) is 6.92 Å². The summed E-state index contributed by atoms with van der Waals surface area (Å²) in [5, 5.41) is 0. The first-order valence-corrected chi connectivity index (χ1v) is 6.15. The van der Waals surface area contributed by atoms with Gasteiger partial charge in [-0.05, 0) is 12.8 Å². The number of methoxy groups -OCH3 is 1. The highest BCUT2D eigenvalue weighted by molar-refractivity contribution is 5.34. The number of hydrogen-bond acceptors (Lipinski definition) is 4. The maximum absolute atomic E-state index is 6.06. The number of nitrogens with two attached hydrogens (primary N) is 1. The molecule has 5 nitrogen and oxygen atoms in total. The Labute approximate surface area is 103 Å². The highest BCUT2D eigenvalue weighted by atomic mass is 16.5. The lowest BCUT2D eigenvalue weighted by molar-refractivity contribution is 0.162. The molecule has 0 aromatic carbocycles. The van der Waals surface area contributed by atoms with Gasteiger partial charge < -0.3 is 19.9 Å². The number of aromatic nitrogens is 2. The van der Waals surface area contributed by atoms with E-state index in [1.807, 2.05) is 12.4 Å². The van der Waals surface area contributed by atoms with Gasteiger partial charge in [-0.2, -0.15) is 0 Å². The van der Waals surface area contributed by atoms with Crippen LogP contribution in [0.15, 0.2) is 12.4 Å². The number of nitrogens with zero attached hydrogens (tertiary/aromatic N) is 3. The highest BCUT2D eigenvalue weighted by Gasteiger charge is 2.29. The van der Waals surface area contributed by atoms with Crippen LogP contribution in [0.3, 0.4) is 0 Å². The molecule has 0 spiro atoms. The van der Waals surface area contributed by atoms with Crippen molar-refractivity contribution in [2.24, 2.45) is 11.7 Å². The van der Waals surface area contributed by atoms with Crippen molar-refractivity contribution in [2.45, 2.75) is 25.9 Å². The molecule has 2 heterocycles. The largest absolute Gasteiger partial charge is 0.383 e. The van der Waals surface area contributed by atoms with Crippen molar-refractivity contribution in [1.29, 1.82) is 0 Å². The lowest BCUT2D eigenvalue weighted by Crippen LogP contribution is -2.30. The van der Waals surface area contributed by atoms with Crippen molar-refractivity contribution < 1.29 is 4.74 Å². The molecule has 96 valence electrons. The molecule has 0 saturated carbocycles. The van der Waals surface area contributed by atoms with Crippen molar-refractivity contribution in [3.05, 3.63) is 12.4 Å². The smallest absolute Gasteiger partial charge is 0.205 e. The van der Waals surface area contributed by atoms with E-state index in [1.54, 1.807) is 7.11 Å². The molecule has 5 heteroatoms. The first-order chi connectivity index (χ1) is 8.13. The van der Waals surface area contributed by atoms with E-state index in [4.69, 9.17) is 10.5 Å². The summed E-state index contributed by atoms with van der Waals surface area (Å²) >= 11 is 0. The summed E-state index contributed by atoms with van der Waals surface area (Å²) in [6, 6.07) is 0.544. The lowest BCUT2D eigenvalue weighted by Gasteiger charge is -2.22. The van der Waals surface area contributed by atoms with Gasteiger partial charge in [-0.15, -0.1) is 0 Å². The van der Waals surface area contributed by atoms with Crippen LogP contribution >= 0.6 is 0 Å². The standard InChI is InChI=1S/C12H22N4O/c1-9-6-15(7-11(9)13)12-14-4-5-16(12)10(2)8-17-3/h4-5,9-11H,6-8,13H2,1-3H3. The minimum Gasteiger partial charge on any atom is -0.383 e. The van der Waals surface area contributed by atoms with Crippen LogP contribution < -0.4 is 10.6 Å². The maximum Gasteiger partial charge on any atom is 0.205 e. The summed E-state index contributed by atoms with van der Waals surface area (Å²) in [6.07, 6.45) is 3.85. The topological polar surface area (TPSA) is 56.3 Å². The Morgan fingerprint density at radius 1 is 1.59 bits per heavy atom. The molecule has 3 unspecified atom stereocenters. The fourth-order valence-electron chi connectivity index (χ4n) is 2.37. The van der Waals surface area contributed by atoms with Gasteiger partial charge in [0.15, 0.2) is 0 Å². The molecule has 1 aromatic rings. The van der Waals surface area contributed by atoms with Gasteiger partial charge in [-0.3, -0.25) is 0 Å². The third-order valence-electron chi connectivity index (χ3n) is 3.48. The summed E-state index contributed by atoms with van der Waals surface area (Å²) in [6.45, 7) is 6.89. The van der Waals surface area contributed by atoms with Gasteiger partial charge >= 0.3 is 0 Å². The van der Waals surface area contributed by atoms with Crippen LogP contribution in [0.2, 0.25) is 0 Å². The van der Waals surface area contributed by atoms with E-state index in [0.717, 1.165) is 19.0 Å². The summed E-state index contributed by atoms with van der Waals surface area (Å²) in [5.74, 6) is 1.53.